The lowest BCUT2D eigenvalue weighted by atomic mass is 10.3. The minimum Gasteiger partial charge on any atom is -0.380 e. The van der Waals surface area contributed by atoms with Crippen LogP contribution in [-0.2, 0) is 13.8 Å². The van der Waals surface area contributed by atoms with Crippen LogP contribution in [0.3, 0.4) is 0 Å². The zero-order valence-corrected chi connectivity index (χ0v) is 8.75. The van der Waals surface area contributed by atoms with Gasteiger partial charge in [-0.3, -0.25) is 0 Å². The van der Waals surface area contributed by atoms with Crippen molar-refractivity contribution in [1.29, 1.82) is 0 Å². The Morgan fingerprint density at radius 2 is 1.79 bits per heavy atom. The molecule has 0 rings (SSSR count). The smallest absolute Gasteiger partial charge is 0.380 e. The molecular weight excluding hydrogens is 245 g/mol. The molecule has 0 aromatic rings. The molecule has 8 heteroatoms. The molecule has 0 saturated heterocycles. The number of hydrogen-bond donors (Lipinski definition) is 0. The van der Waals surface area contributed by atoms with Crippen LogP contribution in [-0.4, -0.2) is 33.6 Å². The largest absolute Gasteiger partial charge is 0.389 e. The zero-order chi connectivity index (χ0) is 11.2. The van der Waals surface area contributed by atoms with Gasteiger partial charge in [-0.15, -0.1) is 0 Å². The van der Waals surface area contributed by atoms with E-state index in [0.29, 0.717) is 0 Å². The van der Waals surface area contributed by atoms with E-state index in [1.807, 2.05) is 0 Å². The van der Waals surface area contributed by atoms with E-state index in [-0.39, 0.29) is 25.4 Å². The number of ether oxygens (including phenoxy) is 1. The molecule has 14 heavy (non-hydrogen) atoms. The number of hydrogen-bond acceptors (Lipinski definition) is 3. The van der Waals surface area contributed by atoms with Gasteiger partial charge in [-0.1, -0.05) is 0 Å². The maximum Gasteiger partial charge on any atom is 0.389 e. The normalized spacial score (nSPS) is 13.1. The molecule has 0 N–H and O–H groups in total. The van der Waals surface area contributed by atoms with Gasteiger partial charge >= 0.3 is 6.18 Å². The highest BCUT2D eigenvalue weighted by molar-refractivity contribution is 8.13. The average Bonchev–Trinajstić information content (AvgIpc) is 1.92. The average molecular weight is 255 g/mol. The van der Waals surface area contributed by atoms with Crippen LogP contribution in [0.1, 0.15) is 12.8 Å². The van der Waals surface area contributed by atoms with Crippen molar-refractivity contribution in [3.63, 3.8) is 0 Å². The van der Waals surface area contributed by atoms with E-state index in [1.165, 1.54) is 0 Å². The Morgan fingerprint density at radius 3 is 2.21 bits per heavy atom. The lowest BCUT2D eigenvalue weighted by Crippen LogP contribution is -2.11. The van der Waals surface area contributed by atoms with Crippen LogP contribution >= 0.6 is 10.7 Å². The fourth-order valence-corrected chi connectivity index (χ4v) is 1.14. The van der Waals surface area contributed by atoms with Crippen molar-refractivity contribution in [3.8, 4) is 0 Å². The van der Waals surface area contributed by atoms with Gasteiger partial charge < -0.3 is 4.74 Å². The van der Waals surface area contributed by atoms with Gasteiger partial charge in [0.2, 0.25) is 9.05 Å². The Kier molecular flexibility index (Phi) is 5.77. The fourth-order valence-electron chi connectivity index (χ4n) is 0.635. The molecular formula is C6H10ClF3O3S. The Bertz CT molecular complexity index is 250. The first-order chi connectivity index (χ1) is 6.21. The molecule has 0 bridgehead atoms. The van der Waals surface area contributed by atoms with Crippen LogP contribution in [0, 0.1) is 0 Å². The molecule has 0 amide bonds. The number of rotatable bonds is 6. The van der Waals surface area contributed by atoms with Gasteiger partial charge in [-0.05, 0) is 6.42 Å². The third-order valence-corrected chi connectivity index (χ3v) is 2.34. The van der Waals surface area contributed by atoms with Crippen molar-refractivity contribution < 1.29 is 26.3 Å². The van der Waals surface area contributed by atoms with Gasteiger partial charge in [0.25, 0.3) is 0 Å². The Morgan fingerprint density at radius 1 is 1.21 bits per heavy atom. The molecule has 0 spiro atoms. The summed E-state index contributed by atoms with van der Waals surface area (Å²) in [6.07, 6.45) is -5.30. The van der Waals surface area contributed by atoms with Crippen molar-refractivity contribution in [2.24, 2.45) is 0 Å². The molecule has 0 aliphatic rings. The Hall–Kier alpha value is -0.0100. The monoisotopic (exact) mass is 254 g/mol. The van der Waals surface area contributed by atoms with Crippen LogP contribution in [0.4, 0.5) is 13.2 Å². The molecule has 0 aromatic carbocycles. The molecule has 0 aliphatic heterocycles. The van der Waals surface area contributed by atoms with Gasteiger partial charge in [0.05, 0.1) is 12.4 Å². The van der Waals surface area contributed by atoms with Crippen LogP contribution in [0.2, 0.25) is 0 Å². The van der Waals surface area contributed by atoms with Crippen molar-refractivity contribution in [1.82, 2.24) is 0 Å². The van der Waals surface area contributed by atoms with Gasteiger partial charge in [0, 0.05) is 23.7 Å². The first-order valence-electron chi connectivity index (χ1n) is 3.77. The predicted octanol–water partition coefficient (Wildman–Crippen LogP) is 1.91. The molecule has 0 aliphatic carbocycles. The number of halogens is 4. The molecule has 0 radical (unpaired) electrons. The van der Waals surface area contributed by atoms with Gasteiger partial charge in [-0.25, -0.2) is 8.42 Å². The van der Waals surface area contributed by atoms with E-state index < -0.39 is 21.6 Å². The third-order valence-electron chi connectivity index (χ3n) is 1.22. The summed E-state index contributed by atoms with van der Waals surface area (Å²) in [5.74, 6) is -0.388. The summed E-state index contributed by atoms with van der Waals surface area (Å²) in [5.41, 5.74) is 0. The van der Waals surface area contributed by atoms with E-state index in [2.05, 4.69) is 4.74 Å². The predicted molar refractivity (Wildman–Crippen MR) is 45.7 cm³/mol. The fraction of sp³-hybridized carbons (Fsp3) is 1.00. The highest BCUT2D eigenvalue weighted by Gasteiger charge is 2.25. The van der Waals surface area contributed by atoms with E-state index >= 15 is 0 Å². The summed E-state index contributed by atoms with van der Waals surface area (Å²) in [5, 5.41) is 0. The molecule has 0 heterocycles. The van der Waals surface area contributed by atoms with E-state index in [9.17, 15) is 21.6 Å². The maximum atomic E-state index is 11.6. The quantitative estimate of drug-likeness (QED) is 0.537. The van der Waals surface area contributed by atoms with Crippen molar-refractivity contribution in [3.05, 3.63) is 0 Å². The zero-order valence-electron chi connectivity index (χ0n) is 7.18. The first-order valence-corrected chi connectivity index (χ1v) is 6.25. The lowest BCUT2D eigenvalue weighted by Gasteiger charge is -2.05. The Labute approximate surface area is 84.6 Å². The molecule has 3 nitrogen and oxygen atoms in total. The molecule has 0 unspecified atom stereocenters. The summed E-state index contributed by atoms with van der Waals surface area (Å²) in [6, 6.07) is 0. The maximum absolute atomic E-state index is 11.6. The summed E-state index contributed by atoms with van der Waals surface area (Å²) in [6.45, 7) is -0.296. The van der Waals surface area contributed by atoms with Gasteiger partial charge in [-0.2, -0.15) is 13.2 Å². The summed E-state index contributed by atoms with van der Waals surface area (Å²) < 4.78 is 60.0. The van der Waals surface area contributed by atoms with Crippen molar-refractivity contribution >= 4 is 19.7 Å². The van der Waals surface area contributed by atoms with Crippen LogP contribution in [0.5, 0.6) is 0 Å². The van der Waals surface area contributed by atoms with Crippen LogP contribution < -0.4 is 0 Å². The molecule has 0 fully saturated rings. The minimum absolute atomic E-state index is 0.119. The first kappa shape index (κ1) is 14.0. The standard InChI is InChI=1S/C6H10ClF3O3S/c7-14(11,12)5-4-13-3-1-2-6(8,9)10/h1-5H2. The van der Waals surface area contributed by atoms with E-state index in [0.717, 1.165) is 0 Å². The second kappa shape index (κ2) is 5.77. The summed E-state index contributed by atoms with van der Waals surface area (Å²) in [7, 11) is 1.22. The highest BCUT2D eigenvalue weighted by atomic mass is 35.7. The highest BCUT2D eigenvalue weighted by Crippen LogP contribution is 2.20. The lowest BCUT2D eigenvalue weighted by molar-refractivity contribution is -0.137. The van der Waals surface area contributed by atoms with Crippen LogP contribution in [0.25, 0.3) is 0 Å². The summed E-state index contributed by atoms with van der Waals surface area (Å²) >= 11 is 0. The van der Waals surface area contributed by atoms with Gasteiger partial charge in [0.15, 0.2) is 0 Å². The summed E-state index contributed by atoms with van der Waals surface area (Å²) in [4.78, 5) is 0. The minimum atomic E-state index is -4.19. The topological polar surface area (TPSA) is 43.4 Å². The second-order valence-corrected chi connectivity index (χ2v) is 5.47. The van der Waals surface area contributed by atoms with E-state index in [1.54, 1.807) is 0 Å². The third kappa shape index (κ3) is 12.0. The van der Waals surface area contributed by atoms with E-state index in [4.69, 9.17) is 10.7 Å². The molecule has 0 atom stereocenters. The molecule has 0 aromatic heterocycles. The second-order valence-electron chi connectivity index (χ2n) is 2.57. The molecule has 86 valence electrons. The SMILES string of the molecule is O=S(=O)(Cl)CCOCCCC(F)(F)F. The van der Waals surface area contributed by atoms with Gasteiger partial charge in [0.1, 0.15) is 0 Å². The number of alkyl halides is 3. The van der Waals surface area contributed by atoms with Crippen molar-refractivity contribution in [2.45, 2.75) is 19.0 Å². The molecule has 0 saturated carbocycles. The van der Waals surface area contributed by atoms with Crippen LogP contribution in [0.15, 0.2) is 0 Å². The Balaban J connectivity index is 3.32. The van der Waals surface area contributed by atoms with Crippen molar-refractivity contribution in [2.75, 3.05) is 19.0 Å².